The summed E-state index contributed by atoms with van der Waals surface area (Å²) in [5.74, 6) is -2.93. The molecule has 5 nitrogen and oxygen atoms in total. The molecule has 0 aliphatic carbocycles. The molecule has 0 fully saturated rings. The Balaban J connectivity index is 4.80. The summed E-state index contributed by atoms with van der Waals surface area (Å²) in [7, 11) is 0. The van der Waals surface area contributed by atoms with Crippen LogP contribution in [0.3, 0.4) is 0 Å². The summed E-state index contributed by atoms with van der Waals surface area (Å²) < 4.78 is 70.0. The predicted octanol–water partition coefficient (Wildman–Crippen LogP) is 1.47. The van der Waals surface area contributed by atoms with Crippen LogP contribution in [0.2, 0.25) is 0 Å². The molecule has 0 aromatic carbocycles. The van der Waals surface area contributed by atoms with Crippen LogP contribution in [0.5, 0.6) is 0 Å². The van der Waals surface area contributed by atoms with E-state index in [0.29, 0.717) is 0 Å². The lowest BCUT2D eigenvalue weighted by atomic mass is 10.4. The highest BCUT2D eigenvalue weighted by Gasteiger charge is 2.43. The molecule has 0 heterocycles. The quantitative estimate of drug-likeness (QED) is 0.266. The highest BCUT2D eigenvalue weighted by Crippen LogP contribution is 2.19. The largest absolute Gasteiger partial charge is 0.493 e. The van der Waals surface area contributed by atoms with E-state index < -0.39 is 24.0 Å². The molecule has 0 aliphatic heterocycles. The van der Waals surface area contributed by atoms with E-state index in [4.69, 9.17) is 5.21 Å². The van der Waals surface area contributed by atoms with Crippen molar-refractivity contribution in [1.82, 2.24) is 0 Å². The van der Waals surface area contributed by atoms with Crippen molar-refractivity contribution in [2.24, 2.45) is 10.3 Å². The minimum absolute atomic E-state index is 0.330. The van der Waals surface area contributed by atoms with Crippen LogP contribution in [0.1, 0.15) is 0 Å². The summed E-state index contributed by atoms with van der Waals surface area (Å²) in [6.45, 7) is 0. The van der Waals surface area contributed by atoms with Crippen molar-refractivity contribution in [1.29, 1.82) is 0 Å². The standard InChI is InChI=1S/C5H2F6N2O3/c6-4(7,8)2(1-12-15)13-16-3(14)5(9,10)11/h1,15H. The first-order chi connectivity index (χ1) is 7.09. The highest BCUT2D eigenvalue weighted by molar-refractivity contribution is 6.32. The SMILES string of the molecule is O=C(ON=C(C=NO)C(F)(F)F)C(F)(F)F. The van der Waals surface area contributed by atoms with E-state index in [9.17, 15) is 31.1 Å². The van der Waals surface area contributed by atoms with Crippen LogP contribution in [-0.4, -0.2) is 35.5 Å². The summed E-state index contributed by atoms with van der Waals surface area (Å²) in [6.07, 6.45) is -11.0. The van der Waals surface area contributed by atoms with Crippen molar-refractivity contribution in [2.75, 3.05) is 0 Å². The molecular formula is C5H2F6N2O3. The Morgan fingerprint density at radius 1 is 1.12 bits per heavy atom. The van der Waals surface area contributed by atoms with Crippen molar-refractivity contribution in [3.05, 3.63) is 0 Å². The van der Waals surface area contributed by atoms with Gasteiger partial charge in [0.15, 0.2) is 0 Å². The minimum atomic E-state index is -5.48. The number of alkyl halides is 6. The molecule has 0 saturated heterocycles. The van der Waals surface area contributed by atoms with Gasteiger partial charge in [-0.3, -0.25) is 0 Å². The lowest BCUT2D eigenvalue weighted by Crippen LogP contribution is -2.28. The van der Waals surface area contributed by atoms with Gasteiger partial charge < -0.3 is 10.0 Å². The molecule has 0 rings (SSSR count). The van der Waals surface area contributed by atoms with Crippen LogP contribution in [0.25, 0.3) is 0 Å². The first-order valence-corrected chi connectivity index (χ1v) is 3.20. The third-order valence-electron chi connectivity index (χ3n) is 0.929. The zero-order valence-corrected chi connectivity index (χ0v) is 7.00. The van der Waals surface area contributed by atoms with E-state index in [1.807, 2.05) is 10.3 Å². The van der Waals surface area contributed by atoms with E-state index in [1.165, 1.54) is 0 Å². The third-order valence-corrected chi connectivity index (χ3v) is 0.929. The van der Waals surface area contributed by atoms with Crippen LogP contribution in [-0.2, 0) is 9.63 Å². The fraction of sp³-hybridized carbons (Fsp3) is 0.400. The second-order valence-electron chi connectivity index (χ2n) is 2.10. The number of carbonyl (C=O) groups excluding carboxylic acids is 1. The molecule has 92 valence electrons. The number of hydrogen-bond acceptors (Lipinski definition) is 5. The smallest absolute Gasteiger partial charge is 0.411 e. The Bertz CT molecular complexity index is 317. The first kappa shape index (κ1) is 14.2. The maximum Gasteiger partial charge on any atom is 0.493 e. The second-order valence-corrected chi connectivity index (χ2v) is 2.10. The van der Waals surface area contributed by atoms with Gasteiger partial charge in [0.25, 0.3) is 0 Å². The van der Waals surface area contributed by atoms with E-state index in [0.717, 1.165) is 0 Å². The molecule has 11 heteroatoms. The predicted molar refractivity (Wildman–Crippen MR) is 35.9 cm³/mol. The molecule has 0 aromatic rings. The topological polar surface area (TPSA) is 71.2 Å². The number of hydrogen-bond donors (Lipinski definition) is 1. The van der Waals surface area contributed by atoms with E-state index in [2.05, 4.69) is 4.84 Å². The minimum Gasteiger partial charge on any atom is -0.411 e. The fourth-order valence-corrected chi connectivity index (χ4v) is 0.346. The maximum absolute atomic E-state index is 11.8. The lowest BCUT2D eigenvalue weighted by Gasteiger charge is -2.05. The van der Waals surface area contributed by atoms with Crippen LogP contribution in [0.4, 0.5) is 26.3 Å². The molecule has 0 unspecified atom stereocenters. The number of nitrogens with zero attached hydrogens (tertiary/aromatic N) is 2. The van der Waals surface area contributed by atoms with Gasteiger partial charge >= 0.3 is 18.3 Å². The molecular weight excluding hydrogens is 250 g/mol. The van der Waals surface area contributed by atoms with Crippen LogP contribution in [0, 0.1) is 0 Å². The van der Waals surface area contributed by atoms with E-state index in [1.54, 1.807) is 0 Å². The van der Waals surface area contributed by atoms with Gasteiger partial charge in [-0.15, -0.1) is 0 Å². The van der Waals surface area contributed by atoms with Gasteiger partial charge in [0, 0.05) is 0 Å². The lowest BCUT2D eigenvalue weighted by molar-refractivity contribution is -0.200. The Labute approximate surface area is 83.0 Å². The zero-order chi connectivity index (χ0) is 13.0. The van der Waals surface area contributed by atoms with Crippen molar-refractivity contribution in [2.45, 2.75) is 12.4 Å². The molecule has 0 radical (unpaired) electrons. The Morgan fingerprint density at radius 2 is 1.62 bits per heavy atom. The van der Waals surface area contributed by atoms with Crippen LogP contribution < -0.4 is 0 Å². The van der Waals surface area contributed by atoms with Gasteiger partial charge in [-0.1, -0.05) is 10.3 Å². The summed E-state index contributed by atoms with van der Waals surface area (Å²) in [5, 5.41) is 11.5. The van der Waals surface area contributed by atoms with Gasteiger partial charge in [0.1, 0.15) is 6.21 Å². The van der Waals surface area contributed by atoms with Crippen molar-refractivity contribution < 1.29 is 41.2 Å². The molecule has 0 bridgehead atoms. The van der Waals surface area contributed by atoms with E-state index in [-0.39, 0.29) is 6.21 Å². The number of halogens is 6. The van der Waals surface area contributed by atoms with Gasteiger partial charge in [0.05, 0.1) is 0 Å². The Morgan fingerprint density at radius 3 is 1.94 bits per heavy atom. The van der Waals surface area contributed by atoms with E-state index >= 15 is 0 Å². The monoisotopic (exact) mass is 252 g/mol. The summed E-state index contributed by atoms with van der Waals surface area (Å²) in [5.41, 5.74) is -2.10. The van der Waals surface area contributed by atoms with Crippen molar-refractivity contribution in [3.8, 4) is 0 Å². The number of rotatable bonds is 2. The molecule has 0 atom stereocenters. The molecule has 0 amide bonds. The highest BCUT2D eigenvalue weighted by atomic mass is 19.4. The summed E-state index contributed by atoms with van der Waals surface area (Å²) in [6, 6.07) is 0. The normalized spacial score (nSPS) is 14.2. The Hall–Kier alpha value is -1.81. The average molecular weight is 252 g/mol. The van der Waals surface area contributed by atoms with Crippen molar-refractivity contribution in [3.63, 3.8) is 0 Å². The fourth-order valence-electron chi connectivity index (χ4n) is 0.346. The molecule has 1 N–H and O–H groups in total. The molecule has 0 spiro atoms. The first-order valence-electron chi connectivity index (χ1n) is 3.20. The van der Waals surface area contributed by atoms with Gasteiger partial charge in [-0.2, -0.15) is 26.3 Å². The molecule has 16 heavy (non-hydrogen) atoms. The molecule has 0 saturated carbocycles. The van der Waals surface area contributed by atoms with Crippen LogP contribution >= 0.6 is 0 Å². The molecule has 0 aromatic heterocycles. The number of carbonyl (C=O) groups is 1. The third kappa shape index (κ3) is 4.61. The molecule has 0 aliphatic rings. The maximum atomic E-state index is 11.8. The van der Waals surface area contributed by atoms with Crippen molar-refractivity contribution >= 4 is 17.9 Å². The second kappa shape index (κ2) is 4.81. The van der Waals surface area contributed by atoms with Gasteiger partial charge in [-0.05, 0) is 0 Å². The Kier molecular flexibility index (Phi) is 4.26. The summed E-state index contributed by atoms with van der Waals surface area (Å²) >= 11 is 0. The van der Waals surface area contributed by atoms with Gasteiger partial charge in [-0.25, -0.2) is 4.79 Å². The summed E-state index contributed by atoms with van der Waals surface area (Å²) in [4.78, 5) is 12.9. The van der Waals surface area contributed by atoms with Gasteiger partial charge in [0.2, 0.25) is 5.71 Å². The zero-order valence-electron chi connectivity index (χ0n) is 7.00. The average Bonchev–Trinajstić information content (AvgIpc) is 2.07. The van der Waals surface area contributed by atoms with Crippen LogP contribution in [0.15, 0.2) is 10.3 Å². The number of oxime groups is 2.